The van der Waals surface area contributed by atoms with E-state index in [1.807, 2.05) is 12.1 Å². The smallest absolute Gasteiger partial charge is 0.238 e. The molecule has 0 spiro atoms. The Hall–Kier alpha value is -1.30. The SMILES string of the molecule is O=C(CN1CCN(Cc2ccc(Cl)cc2)CC1)Nc1cccc(Cl)c1Cl. The lowest BCUT2D eigenvalue weighted by Crippen LogP contribution is -2.48. The zero-order chi connectivity index (χ0) is 18.5. The van der Waals surface area contributed by atoms with Crippen LogP contribution in [0.25, 0.3) is 0 Å². The van der Waals surface area contributed by atoms with E-state index >= 15 is 0 Å². The van der Waals surface area contributed by atoms with E-state index in [1.54, 1.807) is 18.2 Å². The summed E-state index contributed by atoms with van der Waals surface area (Å²) < 4.78 is 0. The molecular weight excluding hydrogens is 393 g/mol. The minimum absolute atomic E-state index is 0.0830. The van der Waals surface area contributed by atoms with E-state index in [9.17, 15) is 4.79 Å². The van der Waals surface area contributed by atoms with Crippen LogP contribution in [0.2, 0.25) is 15.1 Å². The van der Waals surface area contributed by atoms with Gasteiger partial charge in [0.25, 0.3) is 0 Å². The predicted molar refractivity (Wildman–Crippen MR) is 108 cm³/mol. The van der Waals surface area contributed by atoms with Crippen molar-refractivity contribution in [1.82, 2.24) is 9.80 Å². The summed E-state index contributed by atoms with van der Waals surface area (Å²) in [5, 5.41) is 4.39. The van der Waals surface area contributed by atoms with Crippen LogP contribution in [0.4, 0.5) is 5.69 Å². The Balaban J connectivity index is 1.45. The normalized spacial score (nSPS) is 15.8. The molecule has 1 amide bonds. The van der Waals surface area contributed by atoms with Gasteiger partial charge in [-0.1, -0.05) is 53.0 Å². The summed E-state index contributed by atoms with van der Waals surface area (Å²) in [6.45, 7) is 4.79. The number of carbonyl (C=O) groups is 1. The lowest BCUT2D eigenvalue weighted by molar-refractivity contribution is -0.117. The van der Waals surface area contributed by atoms with Crippen LogP contribution in [0.3, 0.4) is 0 Å². The van der Waals surface area contributed by atoms with E-state index < -0.39 is 0 Å². The van der Waals surface area contributed by atoms with Gasteiger partial charge in [0.05, 0.1) is 22.3 Å². The third-order valence-corrected chi connectivity index (χ3v) is 5.45. The molecule has 0 bridgehead atoms. The van der Waals surface area contributed by atoms with Gasteiger partial charge in [0.1, 0.15) is 0 Å². The fraction of sp³-hybridized carbons (Fsp3) is 0.316. The molecule has 2 aromatic carbocycles. The van der Waals surface area contributed by atoms with Crippen molar-refractivity contribution in [1.29, 1.82) is 0 Å². The van der Waals surface area contributed by atoms with Gasteiger partial charge in [-0.05, 0) is 29.8 Å². The first-order chi connectivity index (χ1) is 12.5. The number of piperazine rings is 1. The Morgan fingerprint density at radius 2 is 1.58 bits per heavy atom. The molecule has 0 aliphatic carbocycles. The largest absolute Gasteiger partial charge is 0.324 e. The summed E-state index contributed by atoms with van der Waals surface area (Å²) in [5.41, 5.74) is 1.79. The van der Waals surface area contributed by atoms with E-state index in [0.717, 1.165) is 37.7 Å². The van der Waals surface area contributed by atoms with Crippen LogP contribution in [0.1, 0.15) is 5.56 Å². The second-order valence-corrected chi connectivity index (χ2v) is 7.55. The summed E-state index contributed by atoms with van der Waals surface area (Å²) in [7, 11) is 0. The first-order valence-corrected chi connectivity index (χ1v) is 9.57. The van der Waals surface area contributed by atoms with Crippen molar-refractivity contribution in [3.63, 3.8) is 0 Å². The number of carbonyl (C=O) groups excluding carboxylic acids is 1. The van der Waals surface area contributed by atoms with E-state index in [1.165, 1.54) is 5.56 Å². The molecule has 4 nitrogen and oxygen atoms in total. The highest BCUT2D eigenvalue weighted by Gasteiger charge is 2.19. The first-order valence-electron chi connectivity index (χ1n) is 8.44. The molecular formula is C19H20Cl3N3O. The van der Waals surface area contributed by atoms with Crippen molar-refractivity contribution in [3.8, 4) is 0 Å². The molecule has 1 heterocycles. The third-order valence-electron chi connectivity index (χ3n) is 4.38. The number of benzene rings is 2. The standard InChI is InChI=1S/C19H20Cl3N3O/c20-15-6-4-14(5-7-15)12-24-8-10-25(11-9-24)13-18(26)23-17-3-1-2-16(21)19(17)22/h1-7H,8-13H2,(H,23,26). The molecule has 138 valence electrons. The van der Waals surface area contributed by atoms with Gasteiger partial charge in [-0.2, -0.15) is 0 Å². The second-order valence-electron chi connectivity index (χ2n) is 6.33. The maximum Gasteiger partial charge on any atom is 0.238 e. The molecule has 0 unspecified atom stereocenters. The van der Waals surface area contributed by atoms with Crippen molar-refractivity contribution in [2.45, 2.75) is 6.54 Å². The van der Waals surface area contributed by atoms with Crippen LogP contribution in [-0.4, -0.2) is 48.4 Å². The number of amides is 1. The van der Waals surface area contributed by atoms with Crippen LogP contribution >= 0.6 is 34.8 Å². The summed E-state index contributed by atoms with van der Waals surface area (Å²) >= 11 is 18.0. The summed E-state index contributed by atoms with van der Waals surface area (Å²) in [6.07, 6.45) is 0. The lowest BCUT2D eigenvalue weighted by Gasteiger charge is -2.34. The van der Waals surface area contributed by atoms with Crippen LogP contribution in [0, 0.1) is 0 Å². The molecule has 1 aliphatic heterocycles. The fourth-order valence-electron chi connectivity index (χ4n) is 2.95. The van der Waals surface area contributed by atoms with Gasteiger partial charge in [0.15, 0.2) is 0 Å². The molecule has 1 aliphatic rings. The Bertz CT molecular complexity index is 759. The topological polar surface area (TPSA) is 35.6 Å². The molecule has 0 atom stereocenters. The maximum atomic E-state index is 12.3. The van der Waals surface area contributed by atoms with Gasteiger partial charge in [-0.15, -0.1) is 0 Å². The van der Waals surface area contributed by atoms with Crippen LogP contribution in [0.15, 0.2) is 42.5 Å². The molecule has 2 aromatic rings. The Morgan fingerprint density at radius 1 is 0.923 bits per heavy atom. The van der Waals surface area contributed by atoms with Gasteiger partial charge in [-0.3, -0.25) is 14.6 Å². The molecule has 26 heavy (non-hydrogen) atoms. The van der Waals surface area contributed by atoms with Gasteiger partial charge in [0, 0.05) is 37.7 Å². The van der Waals surface area contributed by atoms with E-state index in [-0.39, 0.29) is 5.91 Å². The van der Waals surface area contributed by atoms with Gasteiger partial charge in [0.2, 0.25) is 5.91 Å². The summed E-state index contributed by atoms with van der Waals surface area (Å²) in [6, 6.07) is 13.1. The average molecular weight is 413 g/mol. The van der Waals surface area contributed by atoms with Crippen molar-refractivity contribution < 1.29 is 4.79 Å². The molecule has 1 saturated heterocycles. The molecule has 0 saturated carbocycles. The third kappa shape index (κ3) is 5.35. The van der Waals surface area contributed by atoms with E-state index in [4.69, 9.17) is 34.8 Å². The van der Waals surface area contributed by atoms with Crippen molar-refractivity contribution in [2.75, 3.05) is 38.0 Å². The molecule has 0 aromatic heterocycles. The Morgan fingerprint density at radius 3 is 2.27 bits per heavy atom. The van der Waals surface area contributed by atoms with E-state index in [2.05, 4.69) is 27.2 Å². The lowest BCUT2D eigenvalue weighted by atomic mass is 10.2. The molecule has 1 N–H and O–H groups in total. The van der Waals surface area contributed by atoms with Crippen molar-refractivity contribution >= 4 is 46.4 Å². The number of nitrogens with zero attached hydrogens (tertiary/aromatic N) is 2. The molecule has 0 radical (unpaired) electrons. The molecule has 3 rings (SSSR count). The summed E-state index contributed by atoms with van der Waals surface area (Å²) in [4.78, 5) is 16.8. The molecule has 1 fully saturated rings. The number of hydrogen-bond donors (Lipinski definition) is 1. The Kier molecular flexibility index (Phi) is 6.79. The van der Waals surface area contributed by atoms with Crippen LogP contribution in [-0.2, 0) is 11.3 Å². The second kappa shape index (κ2) is 9.07. The number of hydrogen-bond acceptors (Lipinski definition) is 3. The molecule has 7 heteroatoms. The fourth-order valence-corrected chi connectivity index (χ4v) is 3.42. The van der Waals surface area contributed by atoms with Gasteiger partial charge >= 0.3 is 0 Å². The number of anilines is 1. The minimum Gasteiger partial charge on any atom is -0.324 e. The predicted octanol–water partition coefficient (Wildman–Crippen LogP) is 4.40. The number of rotatable bonds is 5. The summed E-state index contributed by atoms with van der Waals surface area (Å²) in [5.74, 6) is -0.0830. The zero-order valence-electron chi connectivity index (χ0n) is 14.2. The van der Waals surface area contributed by atoms with Crippen LogP contribution < -0.4 is 5.32 Å². The minimum atomic E-state index is -0.0830. The number of nitrogens with one attached hydrogen (secondary N) is 1. The van der Waals surface area contributed by atoms with Crippen molar-refractivity contribution in [3.05, 3.63) is 63.1 Å². The maximum absolute atomic E-state index is 12.3. The first kappa shape index (κ1) is 19.5. The van der Waals surface area contributed by atoms with E-state index in [0.29, 0.717) is 22.3 Å². The number of halogens is 3. The average Bonchev–Trinajstić information content (AvgIpc) is 2.62. The highest BCUT2D eigenvalue weighted by Crippen LogP contribution is 2.29. The highest BCUT2D eigenvalue weighted by molar-refractivity contribution is 6.44. The monoisotopic (exact) mass is 411 g/mol. The van der Waals surface area contributed by atoms with Gasteiger partial charge in [-0.25, -0.2) is 0 Å². The van der Waals surface area contributed by atoms with Crippen LogP contribution in [0.5, 0.6) is 0 Å². The highest BCUT2D eigenvalue weighted by atomic mass is 35.5. The zero-order valence-corrected chi connectivity index (χ0v) is 16.5. The van der Waals surface area contributed by atoms with Crippen molar-refractivity contribution in [2.24, 2.45) is 0 Å². The van der Waals surface area contributed by atoms with Gasteiger partial charge < -0.3 is 5.32 Å². The quantitative estimate of drug-likeness (QED) is 0.790. The Labute approximate surface area is 168 Å².